The van der Waals surface area contributed by atoms with Crippen molar-refractivity contribution in [2.24, 2.45) is 0 Å². The molecule has 2 aromatic heterocycles. The van der Waals surface area contributed by atoms with Crippen LogP contribution in [0.5, 0.6) is 0 Å². The fraction of sp³-hybridized carbons (Fsp3) is 0.0769. The van der Waals surface area contributed by atoms with Crippen LogP contribution in [0.15, 0.2) is 91.1 Å². The van der Waals surface area contributed by atoms with Crippen molar-refractivity contribution in [2.45, 2.75) is 12.8 Å². The zero-order valence-corrected chi connectivity index (χ0v) is 18.2. The first-order chi connectivity index (χ1) is 16.7. The summed E-state index contributed by atoms with van der Waals surface area (Å²) in [6.07, 6.45) is 2.68. The average Bonchev–Trinajstić information content (AvgIpc) is 3.52. The second-order valence-corrected chi connectivity index (χ2v) is 7.73. The molecule has 34 heavy (non-hydrogen) atoms. The van der Waals surface area contributed by atoms with Gasteiger partial charge >= 0.3 is 5.91 Å². The van der Waals surface area contributed by atoms with Crippen LogP contribution in [0.3, 0.4) is 0 Å². The molecule has 0 radical (unpaired) electrons. The van der Waals surface area contributed by atoms with E-state index in [0.29, 0.717) is 12.2 Å². The Morgan fingerprint density at radius 2 is 1.56 bits per heavy atom. The van der Waals surface area contributed by atoms with Crippen LogP contribution in [-0.2, 0) is 11.2 Å². The smallest absolute Gasteiger partial charge is 0.309 e. The molecule has 0 aliphatic rings. The third-order valence-electron chi connectivity index (χ3n) is 5.45. The summed E-state index contributed by atoms with van der Waals surface area (Å²) in [5.74, 6) is -0.404. The second kappa shape index (κ2) is 9.41. The molecule has 5 aromatic rings. The molecule has 0 spiro atoms. The molecule has 0 aliphatic heterocycles. The van der Waals surface area contributed by atoms with Gasteiger partial charge in [0.1, 0.15) is 0 Å². The molecular formula is C26H22N6O2. The van der Waals surface area contributed by atoms with E-state index in [2.05, 4.69) is 25.9 Å². The van der Waals surface area contributed by atoms with Crippen LogP contribution in [-0.4, -0.2) is 31.6 Å². The minimum atomic E-state index is -0.590. The van der Waals surface area contributed by atoms with Crippen molar-refractivity contribution in [3.05, 3.63) is 103 Å². The zero-order chi connectivity index (χ0) is 23.3. The highest BCUT2D eigenvalue weighted by atomic mass is 16.2. The number of carbonyl (C=O) groups is 2. The SMILES string of the molecule is O=C(CCc1c[nH]c2ccccc12)NNC(=O)c1nc(-c2ccccc2)n(-c2ccccc2)n1. The third kappa shape index (κ3) is 4.42. The number of carbonyl (C=O) groups excluding carboxylic acids is 2. The predicted octanol–water partition coefficient (Wildman–Crippen LogP) is 3.81. The third-order valence-corrected chi connectivity index (χ3v) is 5.45. The molecule has 2 heterocycles. The number of rotatable bonds is 6. The Balaban J connectivity index is 1.27. The Hall–Kier alpha value is -4.72. The van der Waals surface area contributed by atoms with Crippen LogP contribution >= 0.6 is 0 Å². The fourth-order valence-electron chi connectivity index (χ4n) is 3.76. The van der Waals surface area contributed by atoms with E-state index in [4.69, 9.17) is 0 Å². The van der Waals surface area contributed by atoms with Gasteiger partial charge in [-0.2, -0.15) is 0 Å². The maximum absolute atomic E-state index is 12.7. The molecule has 0 aliphatic carbocycles. The zero-order valence-electron chi connectivity index (χ0n) is 18.2. The average molecular weight is 451 g/mol. The molecule has 2 amide bonds. The second-order valence-electron chi connectivity index (χ2n) is 7.73. The molecule has 168 valence electrons. The van der Waals surface area contributed by atoms with Crippen molar-refractivity contribution < 1.29 is 9.59 Å². The Morgan fingerprint density at radius 1 is 0.853 bits per heavy atom. The van der Waals surface area contributed by atoms with Crippen LogP contribution in [0.1, 0.15) is 22.6 Å². The molecule has 0 saturated carbocycles. The molecule has 0 unspecified atom stereocenters. The number of fused-ring (bicyclic) bond motifs is 1. The van der Waals surface area contributed by atoms with Gasteiger partial charge in [-0.3, -0.25) is 20.4 Å². The van der Waals surface area contributed by atoms with Gasteiger partial charge in [-0.25, -0.2) is 9.67 Å². The van der Waals surface area contributed by atoms with Gasteiger partial charge in [-0.15, -0.1) is 5.10 Å². The lowest BCUT2D eigenvalue weighted by Crippen LogP contribution is -2.42. The van der Waals surface area contributed by atoms with Crippen molar-refractivity contribution in [2.75, 3.05) is 0 Å². The normalized spacial score (nSPS) is 10.8. The van der Waals surface area contributed by atoms with Crippen molar-refractivity contribution in [3.8, 4) is 17.1 Å². The Kier molecular flexibility index (Phi) is 5.85. The van der Waals surface area contributed by atoms with Crippen LogP contribution in [0.4, 0.5) is 0 Å². The van der Waals surface area contributed by atoms with E-state index < -0.39 is 5.91 Å². The van der Waals surface area contributed by atoms with Gasteiger partial charge in [0.2, 0.25) is 11.7 Å². The number of amides is 2. The lowest BCUT2D eigenvalue weighted by Gasteiger charge is -2.05. The molecule has 0 saturated heterocycles. The van der Waals surface area contributed by atoms with Gasteiger partial charge in [0, 0.05) is 29.1 Å². The van der Waals surface area contributed by atoms with Gasteiger partial charge in [-0.05, 0) is 30.2 Å². The Labute approximate surface area is 195 Å². The fourth-order valence-corrected chi connectivity index (χ4v) is 3.76. The lowest BCUT2D eigenvalue weighted by molar-refractivity contribution is -0.121. The summed E-state index contributed by atoms with van der Waals surface area (Å²) in [5.41, 5.74) is 8.56. The standard InChI is InChI=1S/C26H22N6O2/c33-23(16-15-19-17-27-22-14-8-7-13-21(19)22)29-30-26(34)24-28-25(18-9-3-1-4-10-18)32(31-24)20-11-5-2-6-12-20/h1-14,17,27H,15-16H2,(H,29,33)(H,30,34). The first-order valence-electron chi connectivity index (χ1n) is 10.9. The summed E-state index contributed by atoms with van der Waals surface area (Å²) >= 11 is 0. The Bertz CT molecular complexity index is 1380. The van der Waals surface area contributed by atoms with Gasteiger partial charge in [0.05, 0.1) is 5.69 Å². The molecule has 3 aromatic carbocycles. The number of aromatic amines is 1. The number of hydrogen-bond donors (Lipinski definition) is 3. The topological polar surface area (TPSA) is 105 Å². The summed E-state index contributed by atoms with van der Waals surface area (Å²) in [7, 11) is 0. The number of aromatic nitrogens is 4. The lowest BCUT2D eigenvalue weighted by atomic mass is 10.1. The predicted molar refractivity (Wildman–Crippen MR) is 129 cm³/mol. The first-order valence-corrected chi connectivity index (χ1v) is 10.9. The number of nitrogens with one attached hydrogen (secondary N) is 3. The number of benzene rings is 3. The minimum absolute atomic E-state index is 0.0420. The van der Waals surface area contributed by atoms with Crippen LogP contribution < -0.4 is 10.9 Å². The highest BCUT2D eigenvalue weighted by Gasteiger charge is 2.19. The molecule has 5 rings (SSSR count). The molecule has 0 bridgehead atoms. The maximum Gasteiger partial charge on any atom is 0.309 e. The molecule has 8 nitrogen and oxygen atoms in total. The van der Waals surface area contributed by atoms with Crippen molar-refractivity contribution in [3.63, 3.8) is 0 Å². The first kappa shape index (κ1) is 21.1. The van der Waals surface area contributed by atoms with E-state index in [1.807, 2.05) is 91.1 Å². The van der Waals surface area contributed by atoms with E-state index in [1.165, 1.54) is 0 Å². The van der Waals surface area contributed by atoms with Gasteiger partial charge in [-0.1, -0.05) is 66.7 Å². The summed E-state index contributed by atoms with van der Waals surface area (Å²) in [5, 5.41) is 5.48. The summed E-state index contributed by atoms with van der Waals surface area (Å²) in [4.78, 5) is 32.7. The number of aryl methyl sites for hydroxylation is 1. The van der Waals surface area contributed by atoms with E-state index in [-0.39, 0.29) is 18.2 Å². The highest BCUT2D eigenvalue weighted by Crippen LogP contribution is 2.21. The van der Waals surface area contributed by atoms with Crippen molar-refractivity contribution in [1.29, 1.82) is 0 Å². The number of hydrazine groups is 1. The van der Waals surface area contributed by atoms with Crippen LogP contribution in [0, 0.1) is 0 Å². The molecule has 3 N–H and O–H groups in total. The Morgan fingerprint density at radius 3 is 2.35 bits per heavy atom. The summed E-state index contributed by atoms with van der Waals surface area (Å²) in [6, 6.07) is 26.9. The monoisotopic (exact) mass is 450 g/mol. The molecular weight excluding hydrogens is 428 g/mol. The van der Waals surface area contributed by atoms with E-state index in [0.717, 1.165) is 27.7 Å². The van der Waals surface area contributed by atoms with E-state index >= 15 is 0 Å². The number of hydrogen-bond acceptors (Lipinski definition) is 4. The van der Waals surface area contributed by atoms with Gasteiger partial charge in [0.25, 0.3) is 0 Å². The molecule has 0 fully saturated rings. The summed E-state index contributed by atoms with van der Waals surface area (Å²) < 4.78 is 1.61. The van der Waals surface area contributed by atoms with Crippen LogP contribution in [0.25, 0.3) is 28.0 Å². The maximum atomic E-state index is 12.7. The highest BCUT2D eigenvalue weighted by molar-refractivity contribution is 5.92. The number of nitrogens with zero attached hydrogens (tertiary/aromatic N) is 3. The van der Waals surface area contributed by atoms with Gasteiger partial charge in [0.15, 0.2) is 5.82 Å². The van der Waals surface area contributed by atoms with Gasteiger partial charge < -0.3 is 4.98 Å². The largest absolute Gasteiger partial charge is 0.361 e. The van der Waals surface area contributed by atoms with Crippen LogP contribution in [0.2, 0.25) is 0 Å². The van der Waals surface area contributed by atoms with E-state index in [9.17, 15) is 9.59 Å². The number of H-pyrrole nitrogens is 1. The quantitative estimate of drug-likeness (QED) is 0.342. The van der Waals surface area contributed by atoms with E-state index in [1.54, 1.807) is 4.68 Å². The minimum Gasteiger partial charge on any atom is -0.361 e. The van der Waals surface area contributed by atoms with Crippen molar-refractivity contribution >= 4 is 22.7 Å². The number of para-hydroxylation sites is 2. The molecule has 0 atom stereocenters. The summed E-state index contributed by atoms with van der Waals surface area (Å²) in [6.45, 7) is 0. The van der Waals surface area contributed by atoms with Crippen molar-refractivity contribution in [1.82, 2.24) is 30.6 Å². The molecule has 8 heteroatoms.